The Kier molecular flexibility index (Phi) is 3.57. The molecule has 20 heavy (non-hydrogen) atoms. The van der Waals surface area contributed by atoms with Crippen molar-refractivity contribution in [1.29, 1.82) is 0 Å². The zero-order valence-electron chi connectivity index (χ0n) is 11.5. The Morgan fingerprint density at radius 3 is 2.85 bits per heavy atom. The van der Waals surface area contributed by atoms with Crippen LogP contribution in [0, 0.1) is 0 Å². The topological polar surface area (TPSA) is 35.2 Å². The Bertz CT molecular complexity index is 641. The van der Waals surface area contributed by atoms with E-state index in [1.54, 1.807) is 7.11 Å². The minimum Gasteiger partial charge on any atom is -0.497 e. The van der Waals surface area contributed by atoms with E-state index >= 15 is 0 Å². The highest BCUT2D eigenvalue weighted by molar-refractivity contribution is 9.10. The molecule has 0 saturated carbocycles. The van der Waals surface area contributed by atoms with Gasteiger partial charge in [-0.2, -0.15) is 0 Å². The zero-order valence-corrected chi connectivity index (χ0v) is 13.1. The van der Waals surface area contributed by atoms with Crippen LogP contribution in [0.2, 0.25) is 0 Å². The number of rotatable bonds is 3. The molecule has 0 radical (unpaired) electrons. The van der Waals surface area contributed by atoms with Gasteiger partial charge in [0.25, 0.3) is 0 Å². The average Bonchev–Trinajstić information content (AvgIpc) is 2.76. The molecule has 0 bridgehead atoms. The monoisotopic (exact) mass is 331 g/mol. The standard InChI is InChI=1S/C17H18BrNO/c1-20-15-6-5-13-7-8-17(19,16(13)10-15)11-12-3-2-4-14(18)9-12/h2-6,9-10H,7-8,11,19H2,1H3. The Morgan fingerprint density at radius 2 is 2.10 bits per heavy atom. The van der Waals surface area contributed by atoms with E-state index in [1.807, 2.05) is 12.1 Å². The second kappa shape index (κ2) is 5.23. The fourth-order valence-corrected chi connectivity index (χ4v) is 3.50. The number of nitrogens with two attached hydrogens (primary N) is 1. The van der Waals surface area contributed by atoms with Crippen LogP contribution in [-0.2, 0) is 18.4 Å². The number of methoxy groups -OCH3 is 1. The molecule has 104 valence electrons. The molecule has 1 atom stereocenters. The van der Waals surface area contributed by atoms with Crippen molar-refractivity contribution >= 4 is 15.9 Å². The summed E-state index contributed by atoms with van der Waals surface area (Å²) in [5.74, 6) is 0.884. The molecular formula is C17H18BrNO. The van der Waals surface area contributed by atoms with Gasteiger partial charge in [-0.25, -0.2) is 0 Å². The molecule has 0 aliphatic heterocycles. The third kappa shape index (κ3) is 2.48. The van der Waals surface area contributed by atoms with E-state index in [0.29, 0.717) is 0 Å². The van der Waals surface area contributed by atoms with Crippen molar-refractivity contribution in [3.63, 3.8) is 0 Å². The average molecular weight is 332 g/mol. The molecule has 3 heteroatoms. The van der Waals surface area contributed by atoms with Crippen LogP contribution in [0.1, 0.15) is 23.1 Å². The van der Waals surface area contributed by atoms with E-state index in [1.165, 1.54) is 16.7 Å². The molecule has 0 spiro atoms. The molecule has 1 unspecified atom stereocenters. The van der Waals surface area contributed by atoms with Crippen molar-refractivity contribution in [2.24, 2.45) is 5.73 Å². The van der Waals surface area contributed by atoms with E-state index in [2.05, 4.69) is 46.3 Å². The molecular weight excluding hydrogens is 314 g/mol. The largest absolute Gasteiger partial charge is 0.497 e. The highest BCUT2D eigenvalue weighted by Gasteiger charge is 2.35. The number of fused-ring (bicyclic) bond motifs is 1. The summed E-state index contributed by atoms with van der Waals surface area (Å²) in [7, 11) is 1.70. The second-order valence-electron chi connectivity index (χ2n) is 5.49. The maximum atomic E-state index is 6.71. The van der Waals surface area contributed by atoms with Gasteiger partial charge in [-0.15, -0.1) is 0 Å². The fraction of sp³-hybridized carbons (Fsp3) is 0.294. The van der Waals surface area contributed by atoms with Crippen LogP contribution in [0.5, 0.6) is 5.75 Å². The first-order valence-corrected chi connectivity index (χ1v) is 7.61. The van der Waals surface area contributed by atoms with Crippen LogP contribution in [0.25, 0.3) is 0 Å². The van der Waals surface area contributed by atoms with Gasteiger partial charge < -0.3 is 10.5 Å². The molecule has 2 aromatic rings. The van der Waals surface area contributed by atoms with Crippen LogP contribution in [0.4, 0.5) is 0 Å². The summed E-state index contributed by atoms with van der Waals surface area (Å²) in [5, 5.41) is 0. The highest BCUT2D eigenvalue weighted by atomic mass is 79.9. The van der Waals surface area contributed by atoms with Gasteiger partial charge in [0.2, 0.25) is 0 Å². The first-order chi connectivity index (χ1) is 9.60. The summed E-state index contributed by atoms with van der Waals surface area (Å²) in [6.45, 7) is 0. The van der Waals surface area contributed by atoms with E-state index in [4.69, 9.17) is 10.5 Å². The van der Waals surface area contributed by atoms with E-state index in [-0.39, 0.29) is 5.54 Å². The van der Waals surface area contributed by atoms with Gasteiger partial charge in [-0.05, 0) is 60.2 Å². The van der Waals surface area contributed by atoms with Crippen LogP contribution >= 0.6 is 15.9 Å². The highest BCUT2D eigenvalue weighted by Crippen LogP contribution is 2.39. The minimum absolute atomic E-state index is 0.287. The number of halogens is 1. The Hall–Kier alpha value is -1.32. The van der Waals surface area contributed by atoms with Gasteiger partial charge in [0.05, 0.1) is 7.11 Å². The van der Waals surface area contributed by atoms with E-state index < -0.39 is 0 Å². The smallest absolute Gasteiger partial charge is 0.119 e. The predicted octanol–water partition coefficient (Wildman–Crippen LogP) is 3.80. The summed E-state index contributed by atoms with van der Waals surface area (Å²) >= 11 is 3.52. The van der Waals surface area contributed by atoms with Gasteiger partial charge in [-0.1, -0.05) is 34.1 Å². The number of hydrogen-bond donors (Lipinski definition) is 1. The summed E-state index contributed by atoms with van der Waals surface area (Å²) < 4.78 is 6.44. The predicted molar refractivity (Wildman–Crippen MR) is 85.0 cm³/mol. The van der Waals surface area contributed by atoms with Crippen molar-refractivity contribution < 1.29 is 4.74 Å². The number of aryl methyl sites for hydroxylation is 1. The first kappa shape index (κ1) is 13.7. The second-order valence-corrected chi connectivity index (χ2v) is 6.40. The van der Waals surface area contributed by atoms with Crippen molar-refractivity contribution in [2.75, 3.05) is 7.11 Å². The Morgan fingerprint density at radius 1 is 1.25 bits per heavy atom. The minimum atomic E-state index is -0.287. The van der Waals surface area contributed by atoms with Crippen LogP contribution in [0.3, 0.4) is 0 Å². The van der Waals surface area contributed by atoms with Gasteiger partial charge in [0, 0.05) is 10.0 Å². The van der Waals surface area contributed by atoms with E-state index in [0.717, 1.165) is 29.5 Å². The fourth-order valence-electron chi connectivity index (χ4n) is 3.05. The number of hydrogen-bond acceptors (Lipinski definition) is 2. The zero-order chi connectivity index (χ0) is 14.2. The third-order valence-electron chi connectivity index (χ3n) is 4.10. The van der Waals surface area contributed by atoms with Gasteiger partial charge in [0.1, 0.15) is 5.75 Å². The molecule has 0 aromatic heterocycles. The van der Waals surface area contributed by atoms with Gasteiger partial charge >= 0.3 is 0 Å². The van der Waals surface area contributed by atoms with Crippen LogP contribution in [-0.4, -0.2) is 7.11 Å². The summed E-state index contributed by atoms with van der Waals surface area (Å²) in [5.41, 5.74) is 10.3. The lowest BCUT2D eigenvalue weighted by atomic mass is 9.86. The molecule has 1 aliphatic carbocycles. The van der Waals surface area contributed by atoms with Crippen molar-refractivity contribution in [3.8, 4) is 5.75 Å². The summed E-state index contributed by atoms with van der Waals surface area (Å²) in [6, 6.07) is 14.6. The lowest BCUT2D eigenvalue weighted by molar-refractivity contribution is 0.407. The van der Waals surface area contributed by atoms with Crippen LogP contribution in [0.15, 0.2) is 46.9 Å². The van der Waals surface area contributed by atoms with Crippen LogP contribution < -0.4 is 10.5 Å². The molecule has 2 N–H and O–H groups in total. The Balaban J connectivity index is 1.95. The SMILES string of the molecule is COc1ccc2c(c1)C(N)(Cc1cccc(Br)c1)CC2. The number of benzene rings is 2. The van der Waals surface area contributed by atoms with Gasteiger partial charge in [0.15, 0.2) is 0 Å². The van der Waals surface area contributed by atoms with Crippen molar-refractivity contribution in [1.82, 2.24) is 0 Å². The van der Waals surface area contributed by atoms with Crippen molar-refractivity contribution in [3.05, 3.63) is 63.6 Å². The molecule has 1 aliphatic rings. The third-order valence-corrected chi connectivity index (χ3v) is 4.60. The molecule has 0 heterocycles. The maximum Gasteiger partial charge on any atom is 0.119 e. The maximum absolute atomic E-state index is 6.71. The molecule has 0 fully saturated rings. The van der Waals surface area contributed by atoms with Gasteiger partial charge in [-0.3, -0.25) is 0 Å². The molecule has 2 aromatic carbocycles. The molecule has 2 nitrogen and oxygen atoms in total. The lowest BCUT2D eigenvalue weighted by Crippen LogP contribution is -2.36. The van der Waals surface area contributed by atoms with E-state index in [9.17, 15) is 0 Å². The summed E-state index contributed by atoms with van der Waals surface area (Å²) in [6.07, 6.45) is 2.89. The quantitative estimate of drug-likeness (QED) is 0.928. The van der Waals surface area contributed by atoms with Crippen molar-refractivity contribution in [2.45, 2.75) is 24.8 Å². The first-order valence-electron chi connectivity index (χ1n) is 6.81. The Labute approximate surface area is 128 Å². The molecule has 3 rings (SSSR count). The lowest BCUT2D eigenvalue weighted by Gasteiger charge is -2.26. The summed E-state index contributed by atoms with van der Waals surface area (Å²) in [4.78, 5) is 0. The molecule has 0 saturated heterocycles. The number of ether oxygens (including phenoxy) is 1. The molecule has 0 amide bonds. The normalized spacial score (nSPS) is 20.8.